The fourth-order valence-electron chi connectivity index (χ4n) is 2.56. The van der Waals surface area contributed by atoms with Gasteiger partial charge in [0.2, 0.25) is 0 Å². The molecule has 1 aliphatic heterocycles. The minimum atomic E-state index is -0.383. The quantitative estimate of drug-likeness (QED) is 0.808. The number of benzene rings is 1. The number of hydrogen-bond donors (Lipinski definition) is 0. The molecule has 1 aromatic carbocycles. The van der Waals surface area contributed by atoms with Gasteiger partial charge < -0.3 is 9.31 Å². The first-order chi connectivity index (χ1) is 10.7. The van der Waals surface area contributed by atoms with Crippen molar-refractivity contribution in [1.29, 1.82) is 0 Å². The van der Waals surface area contributed by atoms with Crippen LogP contribution in [0.2, 0.25) is 5.02 Å². The molecule has 0 aliphatic carbocycles. The van der Waals surface area contributed by atoms with Gasteiger partial charge in [0.05, 0.1) is 17.2 Å². The average Bonchev–Trinajstić information content (AvgIpc) is 3.02. The van der Waals surface area contributed by atoms with Crippen LogP contribution in [0.4, 0.5) is 0 Å². The molecule has 1 atom stereocenters. The third-order valence-corrected chi connectivity index (χ3v) is 5.15. The number of hydrogen-bond acceptors (Lipinski definition) is 3. The van der Waals surface area contributed by atoms with Gasteiger partial charge in [0.25, 0.3) is 0 Å². The topological polar surface area (TPSA) is 36.3 Å². The Balaban J connectivity index is 1.80. The van der Waals surface area contributed by atoms with Gasteiger partial charge in [0.1, 0.15) is 0 Å². The highest BCUT2D eigenvalue weighted by atomic mass is 35.5. The molecule has 1 fully saturated rings. The zero-order chi connectivity index (χ0) is 16.8. The molecule has 1 aliphatic rings. The van der Waals surface area contributed by atoms with Crippen LogP contribution in [0.25, 0.3) is 0 Å². The summed E-state index contributed by atoms with van der Waals surface area (Å²) in [6.07, 6.45) is 3.80. The normalized spacial score (nSPS) is 20.7. The van der Waals surface area contributed by atoms with Crippen molar-refractivity contribution in [2.45, 2.75) is 51.9 Å². The Morgan fingerprint density at radius 3 is 2.22 bits per heavy atom. The maximum atomic E-state index is 6.07. The summed E-state index contributed by atoms with van der Waals surface area (Å²) in [5.41, 5.74) is 1.39. The lowest BCUT2D eigenvalue weighted by atomic mass is 9.82. The summed E-state index contributed by atoms with van der Waals surface area (Å²) in [6, 6.07) is 7.94. The first kappa shape index (κ1) is 16.6. The zero-order valence-electron chi connectivity index (χ0n) is 14.2. The van der Waals surface area contributed by atoms with Gasteiger partial charge in [-0.05, 0) is 52.3 Å². The molecular weight excluding hydrogens is 310 g/mol. The Kier molecular flexibility index (Phi) is 4.07. The van der Waals surface area contributed by atoms with Crippen molar-refractivity contribution in [1.82, 2.24) is 9.78 Å². The molecule has 2 aromatic rings. The molecule has 0 spiro atoms. The van der Waals surface area contributed by atoms with Gasteiger partial charge in [-0.15, -0.1) is 0 Å². The van der Waals surface area contributed by atoms with E-state index in [0.29, 0.717) is 0 Å². The van der Waals surface area contributed by atoms with E-state index in [4.69, 9.17) is 20.9 Å². The van der Waals surface area contributed by atoms with Gasteiger partial charge in [-0.1, -0.05) is 23.7 Å². The fourth-order valence-corrected chi connectivity index (χ4v) is 2.69. The third kappa shape index (κ3) is 3.05. The summed E-state index contributed by atoms with van der Waals surface area (Å²) in [5.74, 6) is 0. The summed E-state index contributed by atoms with van der Waals surface area (Å²) in [7, 11) is -0.383. The molecule has 0 radical (unpaired) electrons. The molecule has 3 rings (SSSR count). The summed E-state index contributed by atoms with van der Waals surface area (Å²) in [4.78, 5) is 0. The zero-order valence-corrected chi connectivity index (χ0v) is 15.0. The number of rotatable bonds is 3. The van der Waals surface area contributed by atoms with Gasteiger partial charge in [-0.3, -0.25) is 4.68 Å². The van der Waals surface area contributed by atoms with Crippen LogP contribution >= 0.6 is 11.6 Å². The van der Waals surface area contributed by atoms with Crippen molar-refractivity contribution in [3.8, 4) is 0 Å². The van der Waals surface area contributed by atoms with Gasteiger partial charge in [0, 0.05) is 22.9 Å². The summed E-state index contributed by atoms with van der Waals surface area (Å²) >= 11 is 5.95. The number of nitrogens with zero attached hydrogens (tertiary/aromatic N) is 2. The van der Waals surface area contributed by atoms with Crippen LogP contribution in [-0.4, -0.2) is 28.1 Å². The monoisotopic (exact) mass is 332 g/mol. The molecule has 1 aromatic heterocycles. The Hall–Kier alpha value is -1.30. The van der Waals surface area contributed by atoms with Crippen molar-refractivity contribution in [2.24, 2.45) is 0 Å². The second-order valence-corrected chi connectivity index (χ2v) is 7.51. The lowest BCUT2D eigenvalue weighted by molar-refractivity contribution is 0.00578. The van der Waals surface area contributed by atoms with Crippen molar-refractivity contribution in [3.05, 3.63) is 47.2 Å². The standard InChI is InChI=1S/C17H22BClN2O2/c1-12(13-6-8-15(19)9-7-13)21-11-14(10-20-21)18-22-16(2,3)17(4,5)23-18/h6-12H,1-5H3. The van der Waals surface area contributed by atoms with E-state index in [1.54, 1.807) is 0 Å². The number of halogens is 1. The highest BCUT2D eigenvalue weighted by molar-refractivity contribution is 6.62. The van der Waals surface area contributed by atoms with Gasteiger partial charge >= 0.3 is 7.12 Å². The second-order valence-electron chi connectivity index (χ2n) is 7.07. The lowest BCUT2D eigenvalue weighted by Gasteiger charge is -2.32. The SMILES string of the molecule is CC(c1ccc(Cl)cc1)n1cc(B2OC(C)(C)C(C)(C)O2)cn1. The van der Waals surface area contributed by atoms with Crippen LogP contribution in [0.5, 0.6) is 0 Å². The van der Waals surface area contributed by atoms with E-state index >= 15 is 0 Å². The number of aromatic nitrogens is 2. The molecular formula is C17H22BClN2O2. The van der Waals surface area contributed by atoms with Crippen LogP contribution in [0.3, 0.4) is 0 Å². The fraction of sp³-hybridized carbons (Fsp3) is 0.471. The highest BCUT2D eigenvalue weighted by Gasteiger charge is 2.52. The van der Waals surface area contributed by atoms with Crippen LogP contribution in [0.15, 0.2) is 36.7 Å². The predicted molar refractivity (Wildman–Crippen MR) is 93.2 cm³/mol. The molecule has 0 amide bonds. The van der Waals surface area contributed by atoms with Crippen molar-refractivity contribution >= 4 is 24.2 Å². The largest absolute Gasteiger partial charge is 0.498 e. The van der Waals surface area contributed by atoms with E-state index in [9.17, 15) is 0 Å². The van der Waals surface area contributed by atoms with Crippen molar-refractivity contribution < 1.29 is 9.31 Å². The van der Waals surface area contributed by atoms with Crippen LogP contribution in [-0.2, 0) is 9.31 Å². The van der Waals surface area contributed by atoms with E-state index < -0.39 is 0 Å². The van der Waals surface area contributed by atoms with E-state index in [0.717, 1.165) is 16.0 Å². The molecule has 23 heavy (non-hydrogen) atoms. The maximum absolute atomic E-state index is 6.07. The summed E-state index contributed by atoms with van der Waals surface area (Å²) < 4.78 is 14.1. The van der Waals surface area contributed by atoms with Crippen LogP contribution in [0, 0.1) is 0 Å². The van der Waals surface area contributed by atoms with Gasteiger partial charge in [0.15, 0.2) is 0 Å². The molecule has 6 heteroatoms. The maximum Gasteiger partial charge on any atom is 0.498 e. The first-order valence-electron chi connectivity index (χ1n) is 7.85. The van der Waals surface area contributed by atoms with Crippen LogP contribution < -0.4 is 5.46 Å². The van der Waals surface area contributed by atoms with Gasteiger partial charge in [-0.2, -0.15) is 5.10 Å². The van der Waals surface area contributed by atoms with Crippen molar-refractivity contribution in [3.63, 3.8) is 0 Å². The lowest BCUT2D eigenvalue weighted by Crippen LogP contribution is -2.41. The molecule has 4 nitrogen and oxygen atoms in total. The van der Waals surface area contributed by atoms with E-state index in [1.165, 1.54) is 0 Å². The van der Waals surface area contributed by atoms with Crippen LogP contribution in [0.1, 0.15) is 46.2 Å². The average molecular weight is 333 g/mol. The summed E-state index contributed by atoms with van der Waals surface area (Å²) in [6.45, 7) is 10.3. The van der Waals surface area contributed by atoms with Crippen molar-refractivity contribution in [2.75, 3.05) is 0 Å². The minimum Gasteiger partial charge on any atom is -0.399 e. The molecule has 1 unspecified atom stereocenters. The van der Waals surface area contributed by atoms with E-state index in [1.807, 2.05) is 69.0 Å². The first-order valence-corrected chi connectivity index (χ1v) is 8.22. The molecule has 0 saturated carbocycles. The second kappa shape index (κ2) is 5.65. The Morgan fingerprint density at radius 1 is 1.09 bits per heavy atom. The molecule has 122 valence electrons. The Morgan fingerprint density at radius 2 is 1.65 bits per heavy atom. The van der Waals surface area contributed by atoms with E-state index in [2.05, 4.69) is 12.0 Å². The smallest absolute Gasteiger partial charge is 0.399 e. The highest BCUT2D eigenvalue weighted by Crippen LogP contribution is 2.36. The Bertz CT molecular complexity index is 681. The molecule has 2 heterocycles. The molecule has 1 saturated heterocycles. The van der Waals surface area contributed by atoms with E-state index in [-0.39, 0.29) is 24.4 Å². The Labute approximate surface area is 142 Å². The third-order valence-electron chi connectivity index (χ3n) is 4.90. The minimum absolute atomic E-state index is 0.114. The molecule has 0 bridgehead atoms. The predicted octanol–water partition coefficient (Wildman–Crippen LogP) is 3.45. The summed E-state index contributed by atoms with van der Waals surface area (Å²) in [5, 5.41) is 5.21. The molecule has 0 N–H and O–H groups in total. The van der Waals surface area contributed by atoms with Gasteiger partial charge in [-0.25, -0.2) is 0 Å².